The van der Waals surface area contributed by atoms with E-state index in [1.807, 2.05) is 32.9 Å². The van der Waals surface area contributed by atoms with E-state index in [2.05, 4.69) is 36.6 Å². The van der Waals surface area contributed by atoms with Crippen LogP contribution in [0, 0.1) is 17.3 Å². The zero-order valence-corrected chi connectivity index (χ0v) is 21.6. The lowest BCUT2D eigenvalue weighted by atomic mass is 9.85. The molecule has 5 atom stereocenters. The molecule has 34 heavy (non-hydrogen) atoms. The Morgan fingerprint density at radius 3 is 2.41 bits per heavy atom. The van der Waals surface area contributed by atoms with E-state index in [-0.39, 0.29) is 29.7 Å². The van der Waals surface area contributed by atoms with Crippen LogP contribution in [0.15, 0.2) is 24.3 Å². The minimum atomic E-state index is -0.761. The summed E-state index contributed by atoms with van der Waals surface area (Å²) in [4.78, 5) is 41.5. The van der Waals surface area contributed by atoms with Crippen LogP contribution in [0.4, 0.5) is 0 Å². The Balaban J connectivity index is 1.84. The maximum atomic E-state index is 13.8. The van der Waals surface area contributed by atoms with Crippen LogP contribution >= 0.6 is 0 Å². The number of nitrogens with one attached hydrogen (secondary N) is 2. The van der Waals surface area contributed by atoms with E-state index >= 15 is 0 Å². The molecule has 1 aromatic rings. The van der Waals surface area contributed by atoms with Crippen molar-refractivity contribution in [2.24, 2.45) is 23.0 Å². The highest BCUT2D eigenvalue weighted by Gasteiger charge is 2.45. The van der Waals surface area contributed by atoms with Gasteiger partial charge in [0.25, 0.3) is 0 Å². The van der Waals surface area contributed by atoms with Crippen molar-refractivity contribution in [1.29, 1.82) is 0 Å². The zero-order valence-electron chi connectivity index (χ0n) is 21.6. The Kier molecular flexibility index (Phi) is 8.06. The van der Waals surface area contributed by atoms with Crippen molar-refractivity contribution < 1.29 is 14.4 Å². The van der Waals surface area contributed by atoms with Crippen LogP contribution in [-0.4, -0.2) is 47.3 Å². The van der Waals surface area contributed by atoms with Gasteiger partial charge in [0, 0.05) is 6.54 Å². The summed E-state index contributed by atoms with van der Waals surface area (Å²) in [6.07, 6.45) is 3.58. The Bertz CT molecular complexity index is 905. The van der Waals surface area contributed by atoms with Crippen LogP contribution in [0.1, 0.15) is 78.0 Å². The second kappa shape index (κ2) is 10.5. The van der Waals surface area contributed by atoms with Crippen LogP contribution in [0.2, 0.25) is 0 Å². The number of hydrogen-bond acceptors (Lipinski definition) is 4. The van der Waals surface area contributed by atoms with Gasteiger partial charge in [0.1, 0.15) is 12.1 Å². The lowest BCUT2D eigenvalue weighted by Crippen LogP contribution is -2.59. The Morgan fingerprint density at radius 1 is 1.12 bits per heavy atom. The first-order chi connectivity index (χ1) is 15.9. The maximum Gasteiger partial charge on any atom is 0.246 e. The highest BCUT2D eigenvalue weighted by atomic mass is 16.2. The molecule has 2 aliphatic rings. The van der Waals surface area contributed by atoms with Gasteiger partial charge in [0.05, 0.1) is 12.1 Å². The number of amides is 3. The van der Waals surface area contributed by atoms with Gasteiger partial charge in [-0.2, -0.15) is 0 Å². The number of nitrogens with zero attached hydrogens (tertiary/aromatic N) is 1. The van der Waals surface area contributed by atoms with Crippen LogP contribution in [0.5, 0.6) is 0 Å². The van der Waals surface area contributed by atoms with Crippen LogP contribution < -0.4 is 16.4 Å². The standard InChI is InChI=1S/C27H42N4O3/c1-16(2)19-14-22(25(33)29-21-13-9-11-18-10-7-8-12-20(18)21)31(15-19)26(34)23(27(4,5)6)30-24(32)17(3)28/h7-8,10,12,16-17,19,21-23H,9,11,13-15,28H2,1-6H3,(H,29,33)(H,30,32)/t17-,19-,21+,22-,23+/m0/s1. The number of likely N-dealkylation sites (tertiary alicyclic amines) is 1. The molecule has 188 valence electrons. The van der Waals surface area contributed by atoms with E-state index in [4.69, 9.17) is 5.73 Å². The summed E-state index contributed by atoms with van der Waals surface area (Å²) >= 11 is 0. The quantitative estimate of drug-likeness (QED) is 0.594. The minimum Gasteiger partial charge on any atom is -0.347 e. The summed E-state index contributed by atoms with van der Waals surface area (Å²) in [7, 11) is 0. The largest absolute Gasteiger partial charge is 0.347 e. The van der Waals surface area contributed by atoms with Crippen molar-refractivity contribution in [2.75, 3.05) is 6.54 Å². The monoisotopic (exact) mass is 470 g/mol. The van der Waals surface area contributed by atoms with Gasteiger partial charge in [0.2, 0.25) is 17.7 Å². The number of aryl methyl sites for hydroxylation is 1. The fraction of sp³-hybridized carbons (Fsp3) is 0.667. The highest BCUT2D eigenvalue weighted by Crippen LogP contribution is 2.34. The van der Waals surface area contributed by atoms with Crippen molar-refractivity contribution >= 4 is 17.7 Å². The first-order valence-corrected chi connectivity index (χ1v) is 12.6. The third-order valence-electron chi connectivity index (χ3n) is 7.36. The van der Waals surface area contributed by atoms with E-state index in [0.717, 1.165) is 19.3 Å². The van der Waals surface area contributed by atoms with Crippen LogP contribution in [0.3, 0.4) is 0 Å². The molecule has 0 spiro atoms. The molecule has 4 N–H and O–H groups in total. The third-order valence-corrected chi connectivity index (χ3v) is 7.36. The summed E-state index contributed by atoms with van der Waals surface area (Å²) in [5.74, 6) is -0.121. The first-order valence-electron chi connectivity index (χ1n) is 12.6. The molecule has 0 unspecified atom stereocenters. The SMILES string of the molecule is CC(C)[C@H]1C[C@@H](C(=O)N[C@@H]2CCCc3ccccc32)N(C(=O)[C@@H](NC(=O)[C@H](C)N)C(C)(C)C)C1. The van der Waals surface area contributed by atoms with Crippen molar-refractivity contribution in [1.82, 2.24) is 15.5 Å². The topological polar surface area (TPSA) is 105 Å². The molecule has 1 heterocycles. The highest BCUT2D eigenvalue weighted by molar-refractivity contribution is 5.94. The molecule has 3 amide bonds. The van der Waals surface area contributed by atoms with Gasteiger partial charge in [-0.3, -0.25) is 14.4 Å². The molecule has 3 rings (SSSR count). The molecule has 7 nitrogen and oxygen atoms in total. The predicted molar refractivity (Wildman–Crippen MR) is 134 cm³/mol. The summed E-state index contributed by atoms with van der Waals surface area (Å²) in [6, 6.07) is 6.20. The molecular weight excluding hydrogens is 428 g/mol. The third kappa shape index (κ3) is 5.80. The van der Waals surface area contributed by atoms with Gasteiger partial charge in [0.15, 0.2) is 0 Å². The normalized spacial score (nSPS) is 24.4. The second-order valence-corrected chi connectivity index (χ2v) is 11.5. The number of hydrogen-bond donors (Lipinski definition) is 3. The molecule has 0 aromatic heterocycles. The molecule has 0 radical (unpaired) electrons. The lowest BCUT2D eigenvalue weighted by molar-refractivity contribution is -0.144. The van der Waals surface area contributed by atoms with Gasteiger partial charge in [-0.1, -0.05) is 58.9 Å². The molecule has 0 saturated carbocycles. The van der Waals surface area contributed by atoms with E-state index in [1.165, 1.54) is 11.1 Å². The molecule has 0 bridgehead atoms. The zero-order chi connectivity index (χ0) is 25.2. The fourth-order valence-electron chi connectivity index (χ4n) is 5.10. The van der Waals surface area contributed by atoms with Crippen LogP contribution in [0.25, 0.3) is 0 Å². The smallest absolute Gasteiger partial charge is 0.246 e. The molecular formula is C27H42N4O3. The average molecular weight is 471 g/mol. The number of fused-ring (bicyclic) bond motifs is 1. The van der Waals surface area contributed by atoms with Crippen molar-refractivity contribution in [2.45, 2.75) is 91.4 Å². The Hall–Kier alpha value is -2.41. The molecule has 1 aliphatic heterocycles. The van der Waals surface area contributed by atoms with Gasteiger partial charge in [-0.05, 0) is 61.0 Å². The van der Waals surface area contributed by atoms with Crippen LogP contribution in [-0.2, 0) is 20.8 Å². The summed E-state index contributed by atoms with van der Waals surface area (Å²) < 4.78 is 0. The minimum absolute atomic E-state index is 0.0382. The number of nitrogens with two attached hydrogens (primary N) is 1. The number of carbonyl (C=O) groups is 3. The van der Waals surface area contributed by atoms with Crippen molar-refractivity contribution in [3.63, 3.8) is 0 Å². The first kappa shape index (κ1) is 26.2. The number of rotatable bonds is 6. The summed E-state index contributed by atoms with van der Waals surface area (Å²) in [6.45, 7) is 12.1. The van der Waals surface area contributed by atoms with Gasteiger partial charge < -0.3 is 21.3 Å². The molecule has 1 saturated heterocycles. The maximum absolute atomic E-state index is 13.8. The second-order valence-electron chi connectivity index (χ2n) is 11.5. The number of benzene rings is 1. The van der Waals surface area contributed by atoms with E-state index < -0.39 is 23.5 Å². The van der Waals surface area contributed by atoms with E-state index in [1.54, 1.807) is 11.8 Å². The molecule has 1 fully saturated rings. The Morgan fingerprint density at radius 2 is 1.79 bits per heavy atom. The summed E-state index contributed by atoms with van der Waals surface area (Å²) in [5, 5.41) is 6.10. The van der Waals surface area contributed by atoms with Gasteiger partial charge in [-0.15, -0.1) is 0 Å². The Labute approximate surface area is 204 Å². The van der Waals surface area contributed by atoms with E-state index in [0.29, 0.717) is 18.9 Å². The average Bonchev–Trinajstić information content (AvgIpc) is 3.22. The van der Waals surface area contributed by atoms with Gasteiger partial charge in [-0.25, -0.2) is 0 Å². The number of carbonyl (C=O) groups excluding carboxylic acids is 3. The fourth-order valence-corrected chi connectivity index (χ4v) is 5.10. The molecule has 1 aliphatic carbocycles. The summed E-state index contributed by atoms with van der Waals surface area (Å²) in [5.41, 5.74) is 7.69. The lowest BCUT2D eigenvalue weighted by Gasteiger charge is -2.36. The molecule has 7 heteroatoms. The van der Waals surface area contributed by atoms with Crippen molar-refractivity contribution in [3.05, 3.63) is 35.4 Å². The predicted octanol–water partition coefficient (Wildman–Crippen LogP) is 2.93. The van der Waals surface area contributed by atoms with Gasteiger partial charge >= 0.3 is 0 Å². The van der Waals surface area contributed by atoms with Crippen molar-refractivity contribution in [3.8, 4) is 0 Å². The van der Waals surface area contributed by atoms with E-state index in [9.17, 15) is 14.4 Å². The molecule has 1 aromatic carbocycles.